The van der Waals surface area contributed by atoms with Crippen LogP contribution in [0, 0.1) is 6.92 Å². The highest BCUT2D eigenvalue weighted by Gasteiger charge is 2.08. The third kappa shape index (κ3) is 6.60. The molecule has 1 aromatic heterocycles. The number of allylic oxidation sites excluding steroid dienone is 3. The number of hydrogen-bond donors (Lipinski definition) is 2. The first-order chi connectivity index (χ1) is 11.0. The van der Waals surface area contributed by atoms with Gasteiger partial charge in [-0.25, -0.2) is 5.43 Å². The predicted octanol–water partition coefficient (Wildman–Crippen LogP) is 2.58. The Kier molecular flexibility index (Phi) is 7.26. The van der Waals surface area contributed by atoms with Crippen LogP contribution in [0.1, 0.15) is 31.8 Å². The monoisotopic (exact) mass is 315 g/mol. The van der Waals surface area contributed by atoms with E-state index in [-0.39, 0.29) is 11.8 Å². The molecule has 2 N–H and O–H groups in total. The quantitative estimate of drug-likeness (QED) is 0.351. The normalized spacial score (nSPS) is 12.3. The maximum atomic E-state index is 12.1. The van der Waals surface area contributed by atoms with Gasteiger partial charge in [-0.15, -0.1) is 0 Å². The molecule has 122 valence electrons. The highest BCUT2D eigenvalue weighted by molar-refractivity contribution is 5.94. The number of aryl methyl sites for hydroxylation is 1. The summed E-state index contributed by atoms with van der Waals surface area (Å²) in [5, 5.41) is 6.48. The number of hydrazone groups is 1. The van der Waals surface area contributed by atoms with Crippen molar-refractivity contribution < 1.29 is 14.0 Å². The Balaban J connectivity index is 2.78. The highest BCUT2D eigenvalue weighted by Crippen LogP contribution is 2.06. The number of hydrogen-bond acceptors (Lipinski definition) is 4. The summed E-state index contributed by atoms with van der Waals surface area (Å²) in [7, 11) is 0. The first-order valence-electron chi connectivity index (χ1n) is 7.17. The van der Waals surface area contributed by atoms with Crippen LogP contribution in [0.3, 0.4) is 0 Å². The molecule has 0 spiro atoms. The van der Waals surface area contributed by atoms with Gasteiger partial charge in [0.2, 0.25) is 5.91 Å². The van der Waals surface area contributed by atoms with Crippen molar-refractivity contribution in [1.82, 2.24) is 10.7 Å². The summed E-state index contributed by atoms with van der Waals surface area (Å²) in [4.78, 5) is 23.3. The second-order valence-electron chi connectivity index (χ2n) is 4.71. The van der Waals surface area contributed by atoms with Crippen molar-refractivity contribution in [3.63, 3.8) is 0 Å². The van der Waals surface area contributed by atoms with E-state index in [9.17, 15) is 9.59 Å². The average molecular weight is 315 g/mol. The lowest BCUT2D eigenvalue weighted by molar-refractivity contribution is -0.119. The molecule has 0 aromatic carbocycles. The van der Waals surface area contributed by atoms with Crippen molar-refractivity contribution in [2.75, 3.05) is 0 Å². The molecule has 0 saturated heterocycles. The predicted molar refractivity (Wildman–Crippen MR) is 89.7 cm³/mol. The van der Waals surface area contributed by atoms with E-state index in [0.29, 0.717) is 23.5 Å². The fourth-order valence-electron chi connectivity index (χ4n) is 1.72. The van der Waals surface area contributed by atoms with E-state index >= 15 is 0 Å². The van der Waals surface area contributed by atoms with Gasteiger partial charge < -0.3 is 9.73 Å². The summed E-state index contributed by atoms with van der Waals surface area (Å²) in [5.41, 5.74) is 3.39. The molecular formula is C17H21N3O3. The average Bonchev–Trinajstić information content (AvgIpc) is 2.89. The van der Waals surface area contributed by atoms with Gasteiger partial charge >= 0.3 is 0 Å². The van der Waals surface area contributed by atoms with Crippen LogP contribution in [0.25, 0.3) is 0 Å². The number of rotatable bonds is 7. The van der Waals surface area contributed by atoms with Gasteiger partial charge in [0.25, 0.3) is 5.91 Å². The van der Waals surface area contributed by atoms with Gasteiger partial charge in [0.05, 0.1) is 6.21 Å². The Bertz CT molecular complexity index is 666. The molecule has 0 aliphatic carbocycles. The van der Waals surface area contributed by atoms with Crippen LogP contribution in [-0.4, -0.2) is 18.0 Å². The Morgan fingerprint density at radius 2 is 2.13 bits per heavy atom. The maximum absolute atomic E-state index is 12.1. The standard InChI is InChI=1S/C17H21N3O3/c1-5-7-15(19-13(4)21)10-14(6-2)17(22)20-18-11-16-9-8-12(3)23-16/h5,7-11H,1,6H2,2-4H3,(H,19,21)(H,20,22)/b14-10+,15-7+,18-11+. The molecule has 0 aliphatic heterocycles. The molecule has 0 saturated carbocycles. The topological polar surface area (TPSA) is 83.7 Å². The Hall–Kier alpha value is -2.89. The molecule has 0 radical (unpaired) electrons. The Morgan fingerprint density at radius 3 is 2.65 bits per heavy atom. The number of nitrogens with zero attached hydrogens (tertiary/aromatic N) is 1. The van der Waals surface area contributed by atoms with Gasteiger partial charge in [-0.05, 0) is 37.6 Å². The Morgan fingerprint density at radius 1 is 1.39 bits per heavy atom. The molecule has 1 heterocycles. The number of carbonyl (C=O) groups excluding carboxylic acids is 2. The molecule has 0 unspecified atom stereocenters. The van der Waals surface area contributed by atoms with Gasteiger partial charge in [0.15, 0.2) is 0 Å². The van der Waals surface area contributed by atoms with Crippen molar-refractivity contribution in [1.29, 1.82) is 0 Å². The zero-order chi connectivity index (χ0) is 17.2. The van der Waals surface area contributed by atoms with Crippen molar-refractivity contribution >= 4 is 18.0 Å². The molecule has 6 heteroatoms. The lowest BCUT2D eigenvalue weighted by atomic mass is 10.1. The van der Waals surface area contributed by atoms with Crippen LogP contribution < -0.4 is 10.7 Å². The summed E-state index contributed by atoms with van der Waals surface area (Å²) < 4.78 is 5.31. The zero-order valence-electron chi connectivity index (χ0n) is 13.6. The van der Waals surface area contributed by atoms with Crippen molar-refractivity contribution in [3.8, 4) is 0 Å². The van der Waals surface area contributed by atoms with Gasteiger partial charge in [0.1, 0.15) is 11.5 Å². The zero-order valence-corrected chi connectivity index (χ0v) is 13.6. The first-order valence-corrected chi connectivity index (χ1v) is 7.17. The molecule has 1 aromatic rings. The van der Waals surface area contributed by atoms with Gasteiger partial charge in [0, 0.05) is 18.2 Å². The largest absolute Gasteiger partial charge is 0.460 e. The number of amides is 2. The molecule has 0 aliphatic rings. The van der Waals surface area contributed by atoms with Crippen LogP contribution in [0.2, 0.25) is 0 Å². The second-order valence-corrected chi connectivity index (χ2v) is 4.71. The first kappa shape index (κ1) is 18.2. The summed E-state index contributed by atoms with van der Waals surface area (Å²) in [6.07, 6.45) is 6.64. The highest BCUT2D eigenvalue weighted by atomic mass is 16.3. The van der Waals surface area contributed by atoms with Crippen LogP contribution in [0.15, 0.2) is 57.7 Å². The summed E-state index contributed by atoms with van der Waals surface area (Å²) in [5.74, 6) is 0.737. The van der Waals surface area contributed by atoms with Crippen LogP contribution in [-0.2, 0) is 9.59 Å². The molecular weight excluding hydrogens is 294 g/mol. The number of nitrogens with one attached hydrogen (secondary N) is 2. The summed E-state index contributed by atoms with van der Waals surface area (Å²) in [6.45, 7) is 8.63. The van der Waals surface area contributed by atoms with E-state index < -0.39 is 0 Å². The van der Waals surface area contributed by atoms with Crippen molar-refractivity contribution in [2.45, 2.75) is 27.2 Å². The van der Waals surface area contributed by atoms with E-state index in [4.69, 9.17) is 4.42 Å². The van der Waals surface area contributed by atoms with Gasteiger partial charge in [-0.3, -0.25) is 9.59 Å². The van der Waals surface area contributed by atoms with E-state index in [2.05, 4.69) is 22.4 Å². The number of furan rings is 1. The van der Waals surface area contributed by atoms with E-state index in [1.165, 1.54) is 19.2 Å². The molecule has 23 heavy (non-hydrogen) atoms. The van der Waals surface area contributed by atoms with E-state index in [1.54, 1.807) is 24.3 Å². The van der Waals surface area contributed by atoms with Crippen molar-refractivity contribution in [2.24, 2.45) is 5.10 Å². The maximum Gasteiger partial charge on any atom is 0.267 e. The van der Waals surface area contributed by atoms with Crippen LogP contribution in [0.5, 0.6) is 0 Å². The minimum absolute atomic E-state index is 0.226. The van der Waals surface area contributed by atoms with E-state index in [1.807, 2.05) is 13.8 Å². The molecule has 2 amide bonds. The van der Waals surface area contributed by atoms with E-state index in [0.717, 1.165) is 5.76 Å². The third-order valence-corrected chi connectivity index (χ3v) is 2.74. The SMILES string of the molecule is C=C/C=C(\C=C(/CC)C(=O)N/N=C/c1ccc(C)o1)NC(C)=O. The molecule has 6 nitrogen and oxygen atoms in total. The summed E-state index contributed by atoms with van der Waals surface area (Å²) >= 11 is 0. The van der Waals surface area contributed by atoms with Crippen molar-refractivity contribution in [3.05, 3.63) is 59.7 Å². The molecule has 0 bridgehead atoms. The molecule has 1 rings (SSSR count). The van der Waals surface area contributed by atoms with Gasteiger partial charge in [-0.1, -0.05) is 19.6 Å². The smallest absolute Gasteiger partial charge is 0.267 e. The van der Waals surface area contributed by atoms with Crippen LogP contribution in [0.4, 0.5) is 0 Å². The fraction of sp³-hybridized carbons (Fsp3) is 0.235. The minimum atomic E-state index is -0.354. The second kappa shape index (κ2) is 9.19. The van der Waals surface area contributed by atoms with Gasteiger partial charge in [-0.2, -0.15) is 5.10 Å². The lowest BCUT2D eigenvalue weighted by Gasteiger charge is -2.06. The molecule has 0 atom stereocenters. The number of carbonyl (C=O) groups is 2. The van der Waals surface area contributed by atoms with Crippen LogP contribution >= 0.6 is 0 Å². The fourth-order valence-corrected chi connectivity index (χ4v) is 1.72. The molecule has 0 fully saturated rings. The lowest BCUT2D eigenvalue weighted by Crippen LogP contribution is -2.22. The summed E-state index contributed by atoms with van der Waals surface area (Å²) in [6, 6.07) is 3.56. The minimum Gasteiger partial charge on any atom is -0.460 e. The Labute approximate surface area is 135 Å². The third-order valence-electron chi connectivity index (χ3n) is 2.74.